The van der Waals surface area contributed by atoms with E-state index in [4.69, 9.17) is 23.7 Å². The van der Waals surface area contributed by atoms with Crippen LogP contribution in [0.1, 0.15) is 10.6 Å². The van der Waals surface area contributed by atoms with Crippen molar-refractivity contribution in [2.24, 2.45) is 0 Å². The van der Waals surface area contributed by atoms with Gasteiger partial charge >= 0.3 is 5.97 Å². The van der Waals surface area contributed by atoms with Gasteiger partial charge in [0.25, 0.3) is 5.95 Å². The average Bonchev–Trinajstić information content (AvgIpc) is 2.96. The Kier molecular flexibility index (Phi) is 2.33. The topological polar surface area (TPSA) is 78.1 Å². The first-order valence-corrected chi connectivity index (χ1v) is 5.13. The van der Waals surface area contributed by atoms with Crippen LogP contribution in [0.25, 0.3) is 0 Å². The van der Waals surface area contributed by atoms with Gasteiger partial charge in [-0.05, 0) is 18.2 Å². The van der Waals surface area contributed by atoms with E-state index in [9.17, 15) is 4.79 Å². The van der Waals surface area contributed by atoms with Crippen LogP contribution in [-0.2, 0) is 0 Å². The van der Waals surface area contributed by atoms with Crippen LogP contribution in [0.15, 0.2) is 34.7 Å². The summed E-state index contributed by atoms with van der Waals surface area (Å²) in [6.07, 6.45) is 0. The van der Waals surface area contributed by atoms with Crippen molar-refractivity contribution >= 4 is 5.97 Å². The van der Waals surface area contributed by atoms with Crippen LogP contribution < -0.4 is 14.2 Å². The van der Waals surface area contributed by atoms with Gasteiger partial charge in [-0.2, -0.15) is 0 Å². The van der Waals surface area contributed by atoms with Crippen molar-refractivity contribution in [1.82, 2.24) is 0 Å². The fourth-order valence-corrected chi connectivity index (χ4v) is 1.55. The van der Waals surface area contributed by atoms with Crippen molar-refractivity contribution in [3.8, 4) is 23.2 Å². The largest absolute Gasteiger partial charge is 0.475 e. The predicted molar refractivity (Wildman–Crippen MR) is 58.3 cm³/mol. The maximum atomic E-state index is 10.6. The monoisotopic (exact) mass is 248 g/mol. The Hall–Kier alpha value is -2.63. The molecule has 2 heterocycles. The molecule has 0 saturated carbocycles. The number of carboxylic acids is 1. The Morgan fingerprint density at radius 1 is 1.17 bits per heavy atom. The highest BCUT2D eigenvalue weighted by atomic mass is 16.7. The van der Waals surface area contributed by atoms with E-state index in [0.29, 0.717) is 17.2 Å². The van der Waals surface area contributed by atoms with E-state index < -0.39 is 5.97 Å². The molecule has 92 valence electrons. The third-order valence-electron chi connectivity index (χ3n) is 2.35. The molecule has 0 unspecified atom stereocenters. The van der Waals surface area contributed by atoms with Crippen molar-refractivity contribution < 1.29 is 28.5 Å². The minimum absolute atomic E-state index is 0.103. The van der Waals surface area contributed by atoms with Crippen LogP contribution in [0.4, 0.5) is 0 Å². The minimum Gasteiger partial charge on any atom is -0.475 e. The first-order valence-electron chi connectivity index (χ1n) is 5.13. The fraction of sp³-hybridized carbons (Fsp3) is 0.0833. The van der Waals surface area contributed by atoms with Gasteiger partial charge in [0.05, 0.1) is 0 Å². The predicted octanol–water partition coefficient (Wildman–Crippen LogP) is 2.50. The molecule has 0 spiro atoms. The van der Waals surface area contributed by atoms with Crippen molar-refractivity contribution in [3.05, 3.63) is 36.1 Å². The lowest BCUT2D eigenvalue weighted by molar-refractivity contribution is 0.0657. The number of ether oxygens (including phenoxy) is 3. The molecule has 6 heteroatoms. The number of fused-ring (bicyclic) bond motifs is 1. The van der Waals surface area contributed by atoms with Gasteiger partial charge in [0.1, 0.15) is 5.75 Å². The lowest BCUT2D eigenvalue weighted by Crippen LogP contribution is -1.92. The number of rotatable bonds is 3. The first kappa shape index (κ1) is 10.5. The minimum atomic E-state index is -1.14. The second-order valence-corrected chi connectivity index (χ2v) is 3.54. The highest BCUT2D eigenvalue weighted by Gasteiger charge is 2.15. The zero-order chi connectivity index (χ0) is 12.5. The lowest BCUT2D eigenvalue weighted by atomic mass is 10.3. The van der Waals surface area contributed by atoms with Gasteiger partial charge in [0.2, 0.25) is 12.6 Å². The molecule has 6 nitrogen and oxygen atoms in total. The zero-order valence-corrected chi connectivity index (χ0v) is 9.08. The SMILES string of the molecule is O=C(O)c1ccc(Oc2ccc3c(c2)OCO3)o1. The van der Waals surface area contributed by atoms with Crippen molar-refractivity contribution in [2.45, 2.75) is 0 Å². The second kappa shape index (κ2) is 3.99. The van der Waals surface area contributed by atoms with Crippen molar-refractivity contribution in [2.75, 3.05) is 6.79 Å². The van der Waals surface area contributed by atoms with Gasteiger partial charge in [-0.15, -0.1) is 0 Å². The fourth-order valence-electron chi connectivity index (χ4n) is 1.55. The molecule has 1 aliphatic rings. The Balaban J connectivity index is 1.81. The third kappa shape index (κ3) is 1.84. The molecule has 0 atom stereocenters. The van der Waals surface area contributed by atoms with Crippen LogP contribution in [0.2, 0.25) is 0 Å². The van der Waals surface area contributed by atoms with Gasteiger partial charge in [0.15, 0.2) is 11.5 Å². The number of aromatic carboxylic acids is 1. The van der Waals surface area contributed by atoms with Crippen molar-refractivity contribution in [3.63, 3.8) is 0 Å². The molecule has 3 rings (SSSR count). The van der Waals surface area contributed by atoms with Crippen molar-refractivity contribution in [1.29, 1.82) is 0 Å². The number of furan rings is 1. The number of carboxylic acid groups (broad SMARTS) is 1. The van der Waals surface area contributed by atoms with Gasteiger partial charge in [-0.1, -0.05) is 0 Å². The first-order chi connectivity index (χ1) is 8.72. The highest BCUT2D eigenvalue weighted by molar-refractivity contribution is 5.84. The number of benzene rings is 1. The quantitative estimate of drug-likeness (QED) is 0.899. The van der Waals surface area contributed by atoms with E-state index in [-0.39, 0.29) is 18.5 Å². The molecule has 0 aliphatic carbocycles. The molecule has 1 aromatic carbocycles. The van der Waals surface area contributed by atoms with Gasteiger partial charge in [-0.3, -0.25) is 0 Å². The molecule has 18 heavy (non-hydrogen) atoms. The normalized spacial score (nSPS) is 12.4. The molecular formula is C12H8O6. The lowest BCUT2D eigenvalue weighted by Gasteiger charge is -2.02. The highest BCUT2D eigenvalue weighted by Crippen LogP contribution is 2.36. The van der Waals surface area contributed by atoms with Gasteiger partial charge in [0, 0.05) is 12.1 Å². The number of hydrogen-bond acceptors (Lipinski definition) is 5. The number of hydrogen-bond donors (Lipinski definition) is 1. The summed E-state index contributed by atoms with van der Waals surface area (Å²) in [4.78, 5) is 10.6. The summed E-state index contributed by atoms with van der Waals surface area (Å²) in [5.74, 6) is 0.489. The van der Waals surface area contributed by atoms with Crippen LogP contribution in [0.3, 0.4) is 0 Å². The van der Waals surface area contributed by atoms with Crippen LogP contribution in [0, 0.1) is 0 Å². The summed E-state index contributed by atoms with van der Waals surface area (Å²) in [5.41, 5.74) is 0. The van der Waals surface area contributed by atoms with E-state index in [1.54, 1.807) is 18.2 Å². The molecule has 1 aliphatic heterocycles. The molecule has 1 aromatic heterocycles. The Morgan fingerprint density at radius 3 is 2.78 bits per heavy atom. The zero-order valence-electron chi connectivity index (χ0n) is 9.08. The average molecular weight is 248 g/mol. The summed E-state index contributed by atoms with van der Waals surface area (Å²) >= 11 is 0. The Bertz CT molecular complexity index is 600. The summed E-state index contributed by atoms with van der Waals surface area (Å²) in [6.45, 7) is 0.183. The van der Waals surface area contributed by atoms with Gasteiger partial charge < -0.3 is 23.7 Å². The van der Waals surface area contributed by atoms with Crippen LogP contribution in [-0.4, -0.2) is 17.9 Å². The van der Waals surface area contributed by atoms with E-state index in [1.807, 2.05) is 0 Å². The molecule has 0 bridgehead atoms. The van der Waals surface area contributed by atoms with Crippen LogP contribution >= 0.6 is 0 Å². The van der Waals surface area contributed by atoms with E-state index >= 15 is 0 Å². The second-order valence-electron chi connectivity index (χ2n) is 3.54. The molecule has 0 amide bonds. The summed E-state index contributed by atoms with van der Waals surface area (Å²) in [5, 5.41) is 8.71. The molecule has 0 fully saturated rings. The molecular weight excluding hydrogens is 240 g/mol. The summed E-state index contributed by atoms with van der Waals surface area (Å²) in [7, 11) is 0. The molecule has 2 aromatic rings. The Morgan fingerprint density at radius 2 is 2.00 bits per heavy atom. The third-order valence-corrected chi connectivity index (χ3v) is 2.35. The standard InChI is InChI=1S/C12H8O6/c13-12(14)9-3-4-11(18-9)17-7-1-2-8-10(5-7)16-6-15-8/h1-5H,6H2,(H,13,14). The van der Waals surface area contributed by atoms with Gasteiger partial charge in [-0.25, -0.2) is 4.79 Å². The van der Waals surface area contributed by atoms with E-state index in [2.05, 4.69) is 0 Å². The summed E-state index contributed by atoms with van der Waals surface area (Å²) < 4.78 is 20.7. The summed E-state index contributed by atoms with van der Waals surface area (Å²) in [6, 6.07) is 7.79. The smallest absolute Gasteiger partial charge is 0.371 e. The van der Waals surface area contributed by atoms with E-state index in [1.165, 1.54) is 12.1 Å². The Labute approximate surface area is 101 Å². The maximum Gasteiger partial charge on any atom is 0.371 e. The number of carbonyl (C=O) groups is 1. The molecule has 1 N–H and O–H groups in total. The molecule has 0 radical (unpaired) electrons. The van der Waals surface area contributed by atoms with Crippen LogP contribution in [0.5, 0.6) is 23.2 Å². The van der Waals surface area contributed by atoms with E-state index in [0.717, 1.165) is 0 Å². The molecule has 0 saturated heterocycles. The maximum absolute atomic E-state index is 10.6.